The monoisotopic (exact) mass is 314 g/mol. The topological polar surface area (TPSA) is 9.23 Å². The van der Waals surface area contributed by atoms with Gasteiger partial charge in [-0.2, -0.15) is 0 Å². The highest BCUT2D eigenvalue weighted by atomic mass is 28.3. The molecule has 2 heteroatoms. The largest absolute Gasteiger partial charge is 0.497 e. The van der Waals surface area contributed by atoms with Crippen molar-refractivity contribution in [2.45, 2.75) is 60.2 Å². The maximum Gasteiger partial charge on any atom is 0.121 e. The summed E-state index contributed by atoms with van der Waals surface area (Å²) in [6.07, 6.45) is 0. The van der Waals surface area contributed by atoms with E-state index in [-0.39, 0.29) is 0 Å². The standard InChI is InChI=1S/C20H30OSi/c1-12-10-13(2)19(21-7)18(11-12)22(8,9)20-16(5)14(3)15(4)17(20)6/h10-11,20H,1-9H3. The molecule has 0 saturated heterocycles. The Morgan fingerprint density at radius 1 is 0.864 bits per heavy atom. The van der Waals surface area contributed by atoms with E-state index in [9.17, 15) is 0 Å². The van der Waals surface area contributed by atoms with Gasteiger partial charge in [0.1, 0.15) is 5.75 Å². The van der Waals surface area contributed by atoms with Crippen molar-refractivity contribution >= 4 is 13.3 Å². The van der Waals surface area contributed by atoms with Gasteiger partial charge in [-0.3, -0.25) is 0 Å². The van der Waals surface area contributed by atoms with Gasteiger partial charge in [-0.05, 0) is 63.4 Å². The van der Waals surface area contributed by atoms with Gasteiger partial charge in [-0.15, -0.1) is 0 Å². The highest BCUT2D eigenvalue weighted by Gasteiger charge is 2.41. The van der Waals surface area contributed by atoms with Crippen molar-refractivity contribution in [2.24, 2.45) is 0 Å². The van der Waals surface area contributed by atoms with Crippen LogP contribution in [-0.2, 0) is 0 Å². The Labute approximate surface area is 137 Å². The number of allylic oxidation sites excluding steroid dienone is 4. The van der Waals surface area contributed by atoms with Gasteiger partial charge in [0.15, 0.2) is 0 Å². The second-order valence-corrected chi connectivity index (χ2v) is 12.0. The molecule has 0 heterocycles. The first-order valence-electron chi connectivity index (χ1n) is 8.13. The van der Waals surface area contributed by atoms with Crippen molar-refractivity contribution in [3.63, 3.8) is 0 Å². The van der Waals surface area contributed by atoms with Crippen LogP contribution in [-0.4, -0.2) is 15.2 Å². The molecule has 0 N–H and O–H groups in total. The van der Waals surface area contributed by atoms with Gasteiger partial charge in [0.2, 0.25) is 0 Å². The Bertz CT molecular complexity index is 653. The van der Waals surface area contributed by atoms with E-state index in [2.05, 4.69) is 66.8 Å². The smallest absolute Gasteiger partial charge is 0.121 e. The van der Waals surface area contributed by atoms with Crippen LogP contribution >= 0.6 is 0 Å². The van der Waals surface area contributed by atoms with Crippen LogP contribution in [0.5, 0.6) is 5.75 Å². The highest BCUT2D eigenvalue weighted by molar-refractivity contribution is 6.92. The molecule has 0 unspecified atom stereocenters. The van der Waals surface area contributed by atoms with Gasteiger partial charge in [0, 0.05) is 5.54 Å². The van der Waals surface area contributed by atoms with Crippen LogP contribution < -0.4 is 9.92 Å². The predicted molar refractivity (Wildman–Crippen MR) is 100 cm³/mol. The zero-order chi connectivity index (χ0) is 16.8. The molecule has 1 nitrogen and oxygen atoms in total. The van der Waals surface area contributed by atoms with E-state index in [0.717, 1.165) is 5.75 Å². The van der Waals surface area contributed by atoms with Crippen molar-refractivity contribution in [3.05, 3.63) is 45.6 Å². The maximum atomic E-state index is 5.80. The Kier molecular flexibility index (Phi) is 4.45. The fourth-order valence-electron chi connectivity index (χ4n) is 4.29. The van der Waals surface area contributed by atoms with Crippen LogP contribution in [0.3, 0.4) is 0 Å². The maximum absolute atomic E-state index is 5.80. The van der Waals surface area contributed by atoms with E-state index in [4.69, 9.17) is 4.74 Å². The van der Waals surface area contributed by atoms with E-state index in [1.165, 1.54) is 27.5 Å². The van der Waals surface area contributed by atoms with Gasteiger partial charge in [-0.1, -0.05) is 41.9 Å². The van der Waals surface area contributed by atoms with Crippen molar-refractivity contribution in [1.82, 2.24) is 0 Å². The molecule has 0 bridgehead atoms. The molecule has 1 aliphatic carbocycles. The minimum atomic E-state index is -1.73. The summed E-state index contributed by atoms with van der Waals surface area (Å²) >= 11 is 0. The van der Waals surface area contributed by atoms with Crippen molar-refractivity contribution in [1.29, 1.82) is 0 Å². The van der Waals surface area contributed by atoms with Gasteiger partial charge < -0.3 is 4.74 Å². The normalized spacial score (nSPS) is 16.8. The molecule has 0 aromatic heterocycles. The molecule has 1 aromatic carbocycles. The summed E-state index contributed by atoms with van der Waals surface area (Å²) in [4.78, 5) is 0. The van der Waals surface area contributed by atoms with Crippen LogP contribution in [0.15, 0.2) is 34.4 Å². The third kappa shape index (κ3) is 2.48. The van der Waals surface area contributed by atoms with Crippen molar-refractivity contribution < 1.29 is 4.74 Å². The third-order valence-corrected chi connectivity index (χ3v) is 9.72. The molecule has 120 valence electrons. The molecule has 0 atom stereocenters. The number of hydrogen-bond acceptors (Lipinski definition) is 1. The number of methoxy groups -OCH3 is 1. The van der Waals surface area contributed by atoms with Gasteiger partial charge in [-0.25, -0.2) is 0 Å². The van der Waals surface area contributed by atoms with Gasteiger partial charge in [0.05, 0.1) is 15.2 Å². The molecular formula is C20H30OSi. The van der Waals surface area contributed by atoms with Crippen LogP contribution in [0.2, 0.25) is 18.6 Å². The van der Waals surface area contributed by atoms with Crippen LogP contribution in [0.1, 0.15) is 38.8 Å². The summed E-state index contributed by atoms with van der Waals surface area (Å²) in [6, 6.07) is 4.59. The van der Waals surface area contributed by atoms with E-state index in [0.29, 0.717) is 5.54 Å². The average Bonchev–Trinajstić information content (AvgIpc) is 2.62. The second-order valence-electron chi connectivity index (χ2n) is 7.43. The molecule has 0 saturated carbocycles. The van der Waals surface area contributed by atoms with Gasteiger partial charge >= 0.3 is 0 Å². The highest BCUT2D eigenvalue weighted by Crippen LogP contribution is 2.47. The summed E-state index contributed by atoms with van der Waals surface area (Å²) in [6.45, 7) is 18.5. The average molecular weight is 315 g/mol. The number of benzene rings is 1. The zero-order valence-corrected chi connectivity index (χ0v) is 16.6. The number of rotatable bonds is 3. The number of ether oxygens (including phenoxy) is 1. The first-order valence-corrected chi connectivity index (χ1v) is 11.2. The molecule has 1 aromatic rings. The molecule has 22 heavy (non-hydrogen) atoms. The summed E-state index contributed by atoms with van der Waals surface area (Å²) in [5.74, 6) is 1.10. The van der Waals surface area contributed by atoms with E-state index >= 15 is 0 Å². The summed E-state index contributed by atoms with van der Waals surface area (Å²) in [5.41, 5.74) is 9.29. The minimum absolute atomic E-state index is 0.586. The fraction of sp³-hybridized carbons (Fsp3) is 0.500. The fourth-order valence-corrected chi connectivity index (χ4v) is 8.68. The minimum Gasteiger partial charge on any atom is -0.497 e. The van der Waals surface area contributed by atoms with Crippen LogP contribution in [0, 0.1) is 13.8 Å². The predicted octanol–water partition coefficient (Wildman–Crippen LogP) is 5.28. The number of aryl methyl sites for hydroxylation is 2. The first kappa shape index (κ1) is 17.1. The summed E-state index contributed by atoms with van der Waals surface area (Å²) < 4.78 is 5.80. The van der Waals surface area contributed by atoms with E-state index in [1.807, 2.05) is 7.11 Å². The molecule has 0 spiro atoms. The second kappa shape index (κ2) is 5.73. The zero-order valence-electron chi connectivity index (χ0n) is 15.6. The Hall–Kier alpha value is -1.28. The summed E-state index contributed by atoms with van der Waals surface area (Å²) in [7, 11) is 0.0825. The SMILES string of the molecule is COc1c(C)cc(C)cc1[Si](C)(C)C1C(C)=C(C)C(C)=C1C. The first-order chi connectivity index (χ1) is 10.1. The third-order valence-electron chi connectivity index (χ3n) is 5.65. The van der Waals surface area contributed by atoms with Crippen molar-refractivity contribution in [3.8, 4) is 5.75 Å². The van der Waals surface area contributed by atoms with Gasteiger partial charge in [0.25, 0.3) is 0 Å². The Morgan fingerprint density at radius 3 is 1.82 bits per heavy atom. The lowest BCUT2D eigenvalue weighted by Crippen LogP contribution is -2.47. The van der Waals surface area contributed by atoms with E-state index < -0.39 is 8.07 Å². The molecule has 0 aliphatic heterocycles. The molecular weight excluding hydrogens is 284 g/mol. The Balaban J connectivity index is 2.67. The molecule has 0 amide bonds. The molecule has 0 radical (unpaired) electrons. The lowest BCUT2D eigenvalue weighted by atomic mass is 10.1. The lowest BCUT2D eigenvalue weighted by Gasteiger charge is -2.35. The van der Waals surface area contributed by atoms with Crippen molar-refractivity contribution in [2.75, 3.05) is 7.11 Å². The number of hydrogen-bond donors (Lipinski definition) is 0. The lowest BCUT2D eigenvalue weighted by molar-refractivity contribution is 0.414. The molecule has 1 aliphatic rings. The van der Waals surface area contributed by atoms with Crippen LogP contribution in [0.4, 0.5) is 0 Å². The molecule has 2 rings (SSSR count). The summed E-state index contributed by atoms with van der Waals surface area (Å²) in [5, 5.41) is 1.46. The van der Waals surface area contributed by atoms with Crippen LogP contribution in [0.25, 0.3) is 0 Å². The Morgan fingerprint density at radius 2 is 1.36 bits per heavy atom. The quantitative estimate of drug-likeness (QED) is 0.689. The molecule has 0 fully saturated rings. The van der Waals surface area contributed by atoms with E-state index in [1.54, 1.807) is 11.1 Å².